The number of benzene rings is 2. The molecule has 9 nitrogen and oxygen atoms in total. The quantitative estimate of drug-likeness (QED) is 0.276. The lowest BCUT2D eigenvalue weighted by Gasteiger charge is -2.06. The van der Waals surface area contributed by atoms with Crippen molar-refractivity contribution >= 4 is 44.0 Å². The maximum atomic E-state index is 12.5. The Kier molecular flexibility index (Phi) is 6.61. The lowest BCUT2D eigenvalue weighted by atomic mass is 10.2. The number of halogens is 1. The van der Waals surface area contributed by atoms with Gasteiger partial charge in [-0.05, 0) is 66.7 Å². The number of sulfonamides is 1. The van der Waals surface area contributed by atoms with Gasteiger partial charge in [0.1, 0.15) is 11.5 Å². The Morgan fingerprint density at radius 2 is 1.67 bits per heavy atom. The molecule has 166 valence electrons. The third-order valence-corrected chi connectivity index (χ3v) is 6.20. The van der Waals surface area contributed by atoms with Gasteiger partial charge in [0.15, 0.2) is 0 Å². The molecule has 2 N–H and O–H groups in total. The fourth-order valence-corrected chi connectivity index (χ4v) is 3.95. The molecule has 0 fully saturated rings. The Morgan fingerprint density at radius 1 is 0.970 bits per heavy atom. The van der Waals surface area contributed by atoms with Crippen molar-refractivity contribution < 1.29 is 17.6 Å². The molecule has 0 unspecified atom stereocenters. The van der Waals surface area contributed by atoms with E-state index in [1.807, 2.05) is 0 Å². The van der Waals surface area contributed by atoms with Gasteiger partial charge in [0.2, 0.25) is 5.95 Å². The van der Waals surface area contributed by atoms with Crippen LogP contribution in [0.25, 0.3) is 11.3 Å². The zero-order valence-corrected chi connectivity index (χ0v) is 19.2. The number of furan rings is 1. The van der Waals surface area contributed by atoms with Crippen LogP contribution in [0.1, 0.15) is 16.1 Å². The van der Waals surface area contributed by atoms with Crippen LogP contribution in [0.15, 0.2) is 98.0 Å². The van der Waals surface area contributed by atoms with Crippen molar-refractivity contribution in [1.29, 1.82) is 0 Å². The fourth-order valence-electron chi connectivity index (χ4n) is 2.73. The van der Waals surface area contributed by atoms with Crippen molar-refractivity contribution in [2.75, 3.05) is 4.72 Å². The highest BCUT2D eigenvalue weighted by atomic mass is 79.9. The molecule has 1 amide bonds. The number of aromatic nitrogens is 2. The van der Waals surface area contributed by atoms with E-state index in [1.54, 1.807) is 54.6 Å². The Hall–Kier alpha value is -3.83. The third kappa shape index (κ3) is 5.70. The lowest BCUT2D eigenvalue weighted by molar-refractivity contribution is 0.0955. The summed E-state index contributed by atoms with van der Waals surface area (Å²) >= 11 is 3.31. The minimum Gasteiger partial charge on any atom is -0.455 e. The first kappa shape index (κ1) is 22.4. The van der Waals surface area contributed by atoms with Crippen molar-refractivity contribution in [3.63, 3.8) is 0 Å². The number of hydrogen-bond acceptors (Lipinski definition) is 7. The molecule has 0 saturated heterocycles. The summed E-state index contributed by atoms with van der Waals surface area (Å²) in [4.78, 5) is 19.8. The van der Waals surface area contributed by atoms with Gasteiger partial charge < -0.3 is 4.42 Å². The van der Waals surface area contributed by atoms with E-state index in [4.69, 9.17) is 4.42 Å². The normalized spacial score (nSPS) is 11.4. The summed E-state index contributed by atoms with van der Waals surface area (Å²) in [6.45, 7) is 0. The molecule has 0 radical (unpaired) electrons. The van der Waals surface area contributed by atoms with Crippen LogP contribution in [0, 0.1) is 0 Å². The largest absolute Gasteiger partial charge is 0.455 e. The monoisotopic (exact) mass is 525 g/mol. The van der Waals surface area contributed by atoms with Crippen molar-refractivity contribution in [2.24, 2.45) is 5.10 Å². The molecule has 0 atom stereocenters. The van der Waals surface area contributed by atoms with E-state index in [0.29, 0.717) is 22.6 Å². The number of nitrogens with one attached hydrogen (secondary N) is 2. The van der Waals surface area contributed by atoms with Gasteiger partial charge in [-0.2, -0.15) is 5.10 Å². The Bertz CT molecular complexity index is 1390. The van der Waals surface area contributed by atoms with Gasteiger partial charge in [-0.25, -0.2) is 28.5 Å². The molecule has 0 aliphatic heterocycles. The molecule has 11 heteroatoms. The van der Waals surface area contributed by atoms with Crippen LogP contribution in [-0.2, 0) is 10.0 Å². The summed E-state index contributed by atoms with van der Waals surface area (Å²) in [7, 11) is -3.82. The average molecular weight is 526 g/mol. The van der Waals surface area contributed by atoms with Crippen LogP contribution >= 0.6 is 15.9 Å². The molecule has 0 bridgehead atoms. The molecule has 2 aromatic heterocycles. The minimum atomic E-state index is -3.82. The Morgan fingerprint density at radius 3 is 2.36 bits per heavy atom. The maximum Gasteiger partial charge on any atom is 0.271 e. The molecule has 0 saturated carbocycles. The highest BCUT2D eigenvalue weighted by Gasteiger charge is 2.16. The molecular formula is C22H16BrN5O4S. The molecule has 0 aliphatic carbocycles. The summed E-state index contributed by atoms with van der Waals surface area (Å²) in [6.07, 6.45) is 4.26. The average Bonchev–Trinajstić information content (AvgIpc) is 3.29. The highest BCUT2D eigenvalue weighted by molar-refractivity contribution is 9.10. The van der Waals surface area contributed by atoms with Gasteiger partial charge in [0.05, 0.1) is 11.1 Å². The molecule has 4 aromatic rings. The second-order valence-corrected chi connectivity index (χ2v) is 9.21. The predicted molar refractivity (Wildman–Crippen MR) is 126 cm³/mol. The number of hydrogen-bond donors (Lipinski definition) is 2. The van der Waals surface area contributed by atoms with Gasteiger partial charge in [-0.1, -0.05) is 15.9 Å². The first-order valence-corrected chi connectivity index (χ1v) is 11.8. The SMILES string of the molecule is O=C(N/N=C\c1ccc(-c2ccc(S(=O)(=O)Nc3ncccn3)cc2)o1)c1ccc(Br)cc1. The second-order valence-electron chi connectivity index (χ2n) is 6.61. The van der Waals surface area contributed by atoms with Crippen LogP contribution in [-0.4, -0.2) is 30.5 Å². The van der Waals surface area contributed by atoms with Crippen LogP contribution in [0.5, 0.6) is 0 Å². The minimum absolute atomic E-state index is 0.0104. The predicted octanol–water partition coefficient (Wildman–Crippen LogP) is 4.06. The number of amides is 1. The maximum absolute atomic E-state index is 12.5. The summed E-state index contributed by atoms with van der Waals surface area (Å²) in [5, 5.41) is 3.90. The molecular weight excluding hydrogens is 510 g/mol. The van der Waals surface area contributed by atoms with Crippen LogP contribution in [0.4, 0.5) is 5.95 Å². The van der Waals surface area contributed by atoms with E-state index in [-0.39, 0.29) is 16.8 Å². The summed E-state index contributed by atoms with van der Waals surface area (Å²) in [5.41, 5.74) is 3.57. The van der Waals surface area contributed by atoms with Gasteiger partial charge in [0.25, 0.3) is 15.9 Å². The number of anilines is 1. The molecule has 0 spiro atoms. The van der Waals surface area contributed by atoms with Crippen LogP contribution in [0.2, 0.25) is 0 Å². The number of carbonyl (C=O) groups is 1. The smallest absolute Gasteiger partial charge is 0.271 e. The van der Waals surface area contributed by atoms with Crippen molar-refractivity contribution in [2.45, 2.75) is 4.90 Å². The molecule has 33 heavy (non-hydrogen) atoms. The van der Waals surface area contributed by atoms with E-state index in [9.17, 15) is 13.2 Å². The third-order valence-electron chi connectivity index (χ3n) is 4.33. The lowest BCUT2D eigenvalue weighted by Crippen LogP contribution is -2.17. The molecule has 2 heterocycles. The Balaban J connectivity index is 1.40. The molecule has 2 aromatic carbocycles. The van der Waals surface area contributed by atoms with Crippen LogP contribution in [0.3, 0.4) is 0 Å². The number of nitrogens with zero attached hydrogens (tertiary/aromatic N) is 3. The van der Waals surface area contributed by atoms with Crippen LogP contribution < -0.4 is 10.1 Å². The summed E-state index contributed by atoms with van der Waals surface area (Å²) in [5.74, 6) is 0.570. The first-order chi connectivity index (χ1) is 15.9. The second kappa shape index (κ2) is 9.76. The van der Waals surface area contributed by atoms with Crippen molar-refractivity contribution in [1.82, 2.24) is 15.4 Å². The molecule has 0 aliphatic rings. The topological polar surface area (TPSA) is 127 Å². The van der Waals surface area contributed by atoms with Crippen molar-refractivity contribution in [3.8, 4) is 11.3 Å². The number of hydrazone groups is 1. The zero-order valence-electron chi connectivity index (χ0n) is 16.8. The number of carbonyl (C=O) groups excluding carboxylic acids is 1. The van der Waals surface area contributed by atoms with Gasteiger partial charge in [0, 0.05) is 28.0 Å². The van der Waals surface area contributed by atoms with E-state index in [1.165, 1.54) is 30.7 Å². The first-order valence-electron chi connectivity index (χ1n) is 9.50. The standard InChI is InChI=1S/C22H16BrN5O4S/c23-17-6-2-16(3-7-17)21(29)27-26-14-18-8-11-20(32-18)15-4-9-19(10-5-15)33(30,31)28-22-24-12-1-13-25-22/h1-14H,(H,27,29)(H,24,25,28)/b26-14-. The summed E-state index contributed by atoms with van der Waals surface area (Å²) < 4.78 is 33.8. The summed E-state index contributed by atoms with van der Waals surface area (Å²) in [6, 6.07) is 18.0. The Labute approximate surface area is 197 Å². The number of rotatable bonds is 7. The van der Waals surface area contributed by atoms with Gasteiger partial charge in [-0.15, -0.1) is 0 Å². The van der Waals surface area contributed by atoms with E-state index < -0.39 is 10.0 Å². The molecule has 4 rings (SSSR count). The van der Waals surface area contributed by atoms with E-state index >= 15 is 0 Å². The fraction of sp³-hybridized carbons (Fsp3) is 0. The highest BCUT2D eigenvalue weighted by Crippen LogP contribution is 2.24. The van der Waals surface area contributed by atoms with Gasteiger partial charge in [-0.3, -0.25) is 4.79 Å². The van der Waals surface area contributed by atoms with E-state index in [2.05, 4.69) is 41.1 Å². The van der Waals surface area contributed by atoms with Gasteiger partial charge >= 0.3 is 0 Å². The zero-order chi connectivity index (χ0) is 23.3. The van der Waals surface area contributed by atoms with Crippen molar-refractivity contribution in [3.05, 3.63) is 94.9 Å². The van der Waals surface area contributed by atoms with E-state index in [0.717, 1.165) is 4.47 Å².